The van der Waals surface area contributed by atoms with Gasteiger partial charge in [-0.25, -0.2) is 0 Å². The van der Waals surface area contributed by atoms with Crippen LogP contribution in [0.25, 0.3) is 10.9 Å². The molecule has 0 radical (unpaired) electrons. The fraction of sp³-hybridized carbons (Fsp3) is 0.250. The van der Waals surface area contributed by atoms with E-state index in [0.29, 0.717) is 17.1 Å². The van der Waals surface area contributed by atoms with E-state index in [1.165, 1.54) is 11.1 Å². The lowest BCUT2D eigenvalue weighted by atomic mass is 9.93. The predicted molar refractivity (Wildman–Crippen MR) is 135 cm³/mol. The van der Waals surface area contributed by atoms with Crippen LogP contribution in [0.2, 0.25) is 5.02 Å². The van der Waals surface area contributed by atoms with E-state index in [2.05, 4.69) is 84.4 Å². The number of nitrogens with zero attached hydrogens (tertiary/aromatic N) is 2. The number of carbonyl (C=O) groups is 1. The first kappa shape index (κ1) is 21.7. The number of amides is 1. The van der Waals surface area contributed by atoms with Gasteiger partial charge in [0.05, 0.1) is 16.6 Å². The molecule has 3 aromatic carbocycles. The van der Waals surface area contributed by atoms with Gasteiger partial charge in [-0.1, -0.05) is 72.3 Å². The summed E-state index contributed by atoms with van der Waals surface area (Å²) in [6, 6.07) is 27.4. The first-order valence-corrected chi connectivity index (χ1v) is 11.8. The summed E-state index contributed by atoms with van der Waals surface area (Å²) >= 11 is 6.52. The quantitative estimate of drug-likeness (QED) is 0.399. The molecule has 0 bridgehead atoms. The molecule has 1 amide bonds. The number of nitrogens with one attached hydrogen (secondary N) is 1. The van der Waals surface area contributed by atoms with Crippen LogP contribution >= 0.6 is 11.6 Å². The average molecular weight is 458 g/mol. The molecule has 33 heavy (non-hydrogen) atoms. The Kier molecular flexibility index (Phi) is 5.96. The number of hydrogen-bond donors (Lipinski definition) is 1. The number of piperazine rings is 1. The second-order valence-corrected chi connectivity index (χ2v) is 9.38. The Balaban J connectivity index is 1.44. The second kappa shape index (κ2) is 9.05. The molecule has 1 N–H and O–H groups in total. The van der Waals surface area contributed by atoms with Gasteiger partial charge in [0.15, 0.2) is 0 Å². The Morgan fingerprint density at radius 2 is 1.55 bits per heavy atom. The molecule has 2 heterocycles. The molecule has 4 nitrogen and oxygen atoms in total. The van der Waals surface area contributed by atoms with Crippen LogP contribution in [0.4, 0.5) is 0 Å². The lowest BCUT2D eigenvalue weighted by Gasteiger charge is -2.47. The molecule has 1 aliphatic rings. The molecule has 5 rings (SSSR count). The van der Waals surface area contributed by atoms with Crippen LogP contribution < -0.4 is 0 Å². The molecule has 1 aromatic heterocycles. The lowest BCUT2D eigenvalue weighted by Crippen LogP contribution is -2.58. The van der Waals surface area contributed by atoms with Crippen LogP contribution in [-0.2, 0) is 0 Å². The summed E-state index contributed by atoms with van der Waals surface area (Å²) in [5.41, 5.74) is 4.04. The van der Waals surface area contributed by atoms with Gasteiger partial charge in [-0.3, -0.25) is 9.69 Å². The Labute approximate surface area is 199 Å². The standard InChI is InChI=1S/C28H28ClN3O/c1-19-18-32(28(33)24-15-23-13-14-30-26(23)16-25(24)29)20(2)17-31(19)27(21-9-5-3-6-10-21)22-11-7-4-8-12-22/h3-16,19-20,27,30H,17-18H2,1-2H3/t19-,20+/m0/s1. The zero-order valence-corrected chi connectivity index (χ0v) is 19.7. The van der Waals surface area contributed by atoms with Crippen molar-refractivity contribution in [3.63, 3.8) is 0 Å². The molecule has 1 fully saturated rings. The summed E-state index contributed by atoms with van der Waals surface area (Å²) < 4.78 is 0. The molecule has 1 saturated heterocycles. The minimum atomic E-state index is -0.00178. The molecule has 168 valence electrons. The lowest BCUT2D eigenvalue weighted by molar-refractivity contribution is 0.0210. The molecular formula is C28H28ClN3O. The maximum Gasteiger partial charge on any atom is 0.255 e. The van der Waals surface area contributed by atoms with Gasteiger partial charge in [-0.2, -0.15) is 0 Å². The van der Waals surface area contributed by atoms with Crippen molar-refractivity contribution in [3.8, 4) is 0 Å². The average Bonchev–Trinajstić information content (AvgIpc) is 3.29. The highest BCUT2D eigenvalue weighted by molar-refractivity contribution is 6.34. The minimum Gasteiger partial charge on any atom is -0.361 e. The maximum absolute atomic E-state index is 13.6. The zero-order chi connectivity index (χ0) is 22.9. The first-order valence-electron chi connectivity index (χ1n) is 11.5. The van der Waals surface area contributed by atoms with Crippen LogP contribution in [-0.4, -0.2) is 45.9 Å². The Bertz CT molecular complexity index is 1210. The van der Waals surface area contributed by atoms with Gasteiger partial charge >= 0.3 is 0 Å². The largest absolute Gasteiger partial charge is 0.361 e. The van der Waals surface area contributed by atoms with Crippen molar-refractivity contribution in [1.82, 2.24) is 14.8 Å². The van der Waals surface area contributed by atoms with E-state index in [-0.39, 0.29) is 24.0 Å². The Morgan fingerprint density at radius 1 is 0.909 bits per heavy atom. The monoisotopic (exact) mass is 457 g/mol. The zero-order valence-electron chi connectivity index (χ0n) is 18.9. The van der Waals surface area contributed by atoms with E-state index < -0.39 is 0 Å². The van der Waals surface area contributed by atoms with Gasteiger partial charge in [-0.05, 0) is 43.2 Å². The maximum atomic E-state index is 13.6. The summed E-state index contributed by atoms with van der Waals surface area (Å²) in [6.45, 7) is 5.78. The fourth-order valence-corrected chi connectivity index (χ4v) is 5.28. The summed E-state index contributed by atoms with van der Waals surface area (Å²) in [7, 11) is 0. The van der Waals surface area contributed by atoms with Crippen molar-refractivity contribution in [3.05, 3.63) is 107 Å². The van der Waals surface area contributed by atoms with Crippen LogP contribution in [0.5, 0.6) is 0 Å². The molecule has 1 aliphatic heterocycles. The molecule has 4 aromatic rings. The van der Waals surface area contributed by atoms with Gasteiger partial charge in [0, 0.05) is 42.3 Å². The highest BCUT2D eigenvalue weighted by atomic mass is 35.5. The highest BCUT2D eigenvalue weighted by Crippen LogP contribution is 2.34. The number of carbonyl (C=O) groups excluding carboxylic acids is 1. The smallest absolute Gasteiger partial charge is 0.255 e. The number of aromatic nitrogens is 1. The molecule has 0 unspecified atom stereocenters. The molecular weight excluding hydrogens is 430 g/mol. The van der Waals surface area contributed by atoms with Crippen molar-refractivity contribution in [2.45, 2.75) is 32.0 Å². The highest BCUT2D eigenvalue weighted by Gasteiger charge is 2.37. The number of H-pyrrole nitrogens is 1. The Hall–Kier alpha value is -3.08. The van der Waals surface area contributed by atoms with E-state index in [0.717, 1.165) is 17.4 Å². The van der Waals surface area contributed by atoms with Gasteiger partial charge < -0.3 is 9.88 Å². The van der Waals surface area contributed by atoms with Crippen LogP contribution in [0.1, 0.15) is 41.4 Å². The normalized spacial score (nSPS) is 19.3. The first-order chi connectivity index (χ1) is 16.0. The van der Waals surface area contributed by atoms with E-state index in [1.54, 1.807) is 0 Å². The van der Waals surface area contributed by atoms with Crippen LogP contribution in [0, 0.1) is 0 Å². The summed E-state index contributed by atoms with van der Waals surface area (Å²) in [5.74, 6) is -0.00178. The van der Waals surface area contributed by atoms with E-state index in [1.807, 2.05) is 29.3 Å². The van der Waals surface area contributed by atoms with Crippen molar-refractivity contribution in [2.24, 2.45) is 0 Å². The van der Waals surface area contributed by atoms with Crippen LogP contribution in [0.15, 0.2) is 85.1 Å². The topological polar surface area (TPSA) is 39.3 Å². The molecule has 0 saturated carbocycles. The van der Waals surface area contributed by atoms with Crippen LogP contribution in [0.3, 0.4) is 0 Å². The molecule has 5 heteroatoms. The molecule has 2 atom stereocenters. The third-order valence-electron chi connectivity index (χ3n) is 6.73. The number of rotatable bonds is 4. The van der Waals surface area contributed by atoms with Crippen molar-refractivity contribution in [1.29, 1.82) is 0 Å². The Morgan fingerprint density at radius 3 is 2.18 bits per heavy atom. The SMILES string of the molecule is C[C@@H]1CN(C(c2ccccc2)c2ccccc2)[C@@H](C)CN1C(=O)c1cc2cc[nH]c2cc1Cl. The fourth-order valence-electron chi connectivity index (χ4n) is 5.03. The third kappa shape index (κ3) is 4.17. The number of hydrogen-bond acceptors (Lipinski definition) is 2. The number of benzene rings is 3. The van der Waals surface area contributed by atoms with Crippen molar-refractivity contribution in [2.75, 3.05) is 13.1 Å². The van der Waals surface area contributed by atoms with Gasteiger partial charge in [0.1, 0.15) is 0 Å². The molecule has 0 spiro atoms. The summed E-state index contributed by atoms with van der Waals surface area (Å²) in [5, 5.41) is 1.49. The van der Waals surface area contributed by atoms with E-state index in [4.69, 9.17) is 11.6 Å². The number of halogens is 1. The van der Waals surface area contributed by atoms with Crippen molar-refractivity contribution < 1.29 is 4.79 Å². The summed E-state index contributed by atoms with van der Waals surface area (Å²) in [4.78, 5) is 21.2. The number of aromatic amines is 1. The van der Waals surface area contributed by atoms with Gasteiger partial charge in [0.2, 0.25) is 0 Å². The summed E-state index contributed by atoms with van der Waals surface area (Å²) in [6.07, 6.45) is 1.87. The van der Waals surface area contributed by atoms with Crippen molar-refractivity contribution >= 4 is 28.4 Å². The van der Waals surface area contributed by atoms with E-state index in [9.17, 15) is 4.79 Å². The number of fused-ring (bicyclic) bond motifs is 1. The second-order valence-electron chi connectivity index (χ2n) is 8.97. The van der Waals surface area contributed by atoms with E-state index >= 15 is 0 Å². The van der Waals surface area contributed by atoms with Gasteiger partial charge in [0.25, 0.3) is 5.91 Å². The predicted octanol–water partition coefficient (Wildman–Crippen LogP) is 6.15. The minimum absolute atomic E-state index is 0.00178. The third-order valence-corrected chi connectivity index (χ3v) is 7.04. The molecule has 0 aliphatic carbocycles. The van der Waals surface area contributed by atoms with Gasteiger partial charge in [-0.15, -0.1) is 0 Å².